The van der Waals surface area contributed by atoms with Gasteiger partial charge in [-0.05, 0) is 36.8 Å². The molecular weight excluding hydrogens is 377 g/mol. The number of rotatable bonds is 3. The first-order valence-corrected chi connectivity index (χ1v) is 8.45. The van der Waals surface area contributed by atoms with E-state index in [-0.39, 0.29) is 11.0 Å². The second kappa shape index (κ2) is 7.88. The number of carbonyl (C=O) groups excluding carboxylic acids is 1. The van der Waals surface area contributed by atoms with Crippen LogP contribution < -0.4 is 16.0 Å². The van der Waals surface area contributed by atoms with Gasteiger partial charge >= 0.3 is 0 Å². The zero-order chi connectivity index (χ0) is 17.8. The molecule has 1 atom stereocenters. The molecule has 23 heavy (non-hydrogen) atoms. The lowest BCUT2D eigenvalue weighted by molar-refractivity contribution is -0.129. The van der Waals surface area contributed by atoms with Crippen LogP contribution in [0, 0.1) is 12.3 Å². The predicted molar refractivity (Wildman–Crippen MR) is 102 cm³/mol. The average Bonchev–Trinajstić information content (AvgIpc) is 2.35. The standard InChI is InChI=1S/C15H20Cl3N3OS/c1-9-6-5-7-10(8-9)19-13(23)21-11(15(16,17)18)20-12(22)14(2,3)4/h5-8,11H,1-4H3,(H,20,22)(H2,19,21,23). The lowest BCUT2D eigenvalue weighted by atomic mass is 9.95. The Morgan fingerprint density at radius 1 is 1.17 bits per heavy atom. The number of alkyl halides is 3. The van der Waals surface area contributed by atoms with Crippen LogP contribution in [0.2, 0.25) is 0 Å². The van der Waals surface area contributed by atoms with Crippen molar-refractivity contribution in [2.75, 3.05) is 5.32 Å². The highest BCUT2D eigenvalue weighted by Crippen LogP contribution is 2.30. The number of thiocarbonyl (C=S) groups is 1. The second-order valence-electron chi connectivity index (χ2n) is 6.17. The molecule has 3 N–H and O–H groups in total. The van der Waals surface area contributed by atoms with Gasteiger partial charge in [0.15, 0.2) is 5.11 Å². The Kier molecular flexibility index (Phi) is 6.95. The molecule has 0 aliphatic carbocycles. The number of halogens is 3. The fourth-order valence-corrected chi connectivity index (χ4v) is 2.13. The lowest BCUT2D eigenvalue weighted by Crippen LogP contribution is -2.58. The summed E-state index contributed by atoms with van der Waals surface area (Å²) in [5.41, 5.74) is 1.26. The summed E-state index contributed by atoms with van der Waals surface area (Å²) in [5.74, 6) is -0.264. The summed E-state index contributed by atoms with van der Waals surface area (Å²) in [7, 11) is 0. The predicted octanol–water partition coefficient (Wildman–Crippen LogP) is 4.14. The van der Waals surface area contributed by atoms with Crippen LogP contribution in [0.15, 0.2) is 24.3 Å². The largest absolute Gasteiger partial charge is 0.339 e. The minimum Gasteiger partial charge on any atom is -0.339 e. The Labute approximate surface area is 157 Å². The first-order chi connectivity index (χ1) is 10.4. The van der Waals surface area contributed by atoms with Gasteiger partial charge in [-0.3, -0.25) is 4.79 Å². The topological polar surface area (TPSA) is 53.2 Å². The normalized spacial score (nSPS) is 13.2. The van der Waals surface area contributed by atoms with Gasteiger partial charge in [0.05, 0.1) is 0 Å². The van der Waals surface area contributed by atoms with Gasteiger partial charge in [-0.2, -0.15) is 0 Å². The molecule has 1 rings (SSSR count). The maximum atomic E-state index is 12.1. The number of benzene rings is 1. The summed E-state index contributed by atoms with van der Waals surface area (Å²) in [6.07, 6.45) is -0.968. The van der Waals surface area contributed by atoms with Crippen LogP contribution in [0.25, 0.3) is 0 Å². The molecular formula is C15H20Cl3N3OS. The van der Waals surface area contributed by atoms with Gasteiger partial charge in [0, 0.05) is 11.1 Å². The van der Waals surface area contributed by atoms with E-state index >= 15 is 0 Å². The van der Waals surface area contributed by atoms with Crippen molar-refractivity contribution in [2.24, 2.45) is 5.41 Å². The Hall–Kier alpha value is -0.750. The molecule has 8 heteroatoms. The summed E-state index contributed by atoms with van der Waals surface area (Å²) in [6.45, 7) is 7.26. The summed E-state index contributed by atoms with van der Waals surface area (Å²) < 4.78 is -1.76. The molecule has 1 unspecified atom stereocenters. The van der Waals surface area contributed by atoms with Gasteiger partial charge in [-0.1, -0.05) is 67.7 Å². The highest BCUT2D eigenvalue weighted by atomic mass is 35.6. The summed E-state index contributed by atoms with van der Waals surface area (Å²) in [4.78, 5) is 12.1. The molecule has 0 spiro atoms. The zero-order valence-electron chi connectivity index (χ0n) is 13.3. The Balaban J connectivity index is 2.78. The third-order valence-corrected chi connectivity index (χ3v) is 3.71. The van der Waals surface area contributed by atoms with Crippen LogP contribution in [-0.4, -0.2) is 21.0 Å². The van der Waals surface area contributed by atoms with Crippen molar-refractivity contribution in [1.82, 2.24) is 10.6 Å². The van der Waals surface area contributed by atoms with E-state index in [1.807, 2.05) is 31.2 Å². The molecule has 0 aromatic heterocycles. The quantitative estimate of drug-likeness (QED) is 0.408. The van der Waals surface area contributed by atoms with Crippen molar-refractivity contribution in [3.63, 3.8) is 0 Å². The lowest BCUT2D eigenvalue weighted by Gasteiger charge is -2.30. The molecule has 0 aliphatic heterocycles. The third-order valence-electron chi connectivity index (χ3n) is 2.84. The van der Waals surface area contributed by atoms with Crippen LogP contribution in [-0.2, 0) is 4.79 Å². The maximum absolute atomic E-state index is 12.1. The number of aryl methyl sites for hydroxylation is 1. The van der Waals surface area contributed by atoms with Crippen LogP contribution in [0.1, 0.15) is 26.3 Å². The Bertz CT molecular complexity index is 582. The molecule has 0 saturated carbocycles. The van der Waals surface area contributed by atoms with Crippen molar-refractivity contribution < 1.29 is 4.79 Å². The van der Waals surface area contributed by atoms with E-state index in [2.05, 4.69) is 16.0 Å². The molecule has 0 saturated heterocycles. The van der Waals surface area contributed by atoms with Crippen LogP contribution >= 0.6 is 47.0 Å². The number of anilines is 1. The van der Waals surface area contributed by atoms with E-state index in [0.717, 1.165) is 11.3 Å². The van der Waals surface area contributed by atoms with Crippen molar-refractivity contribution >= 4 is 63.7 Å². The third kappa shape index (κ3) is 7.12. The van der Waals surface area contributed by atoms with E-state index in [0.29, 0.717) is 0 Å². The Morgan fingerprint density at radius 2 is 1.78 bits per heavy atom. The van der Waals surface area contributed by atoms with E-state index in [1.54, 1.807) is 20.8 Å². The van der Waals surface area contributed by atoms with E-state index in [9.17, 15) is 4.79 Å². The second-order valence-corrected chi connectivity index (χ2v) is 8.94. The SMILES string of the molecule is Cc1cccc(NC(=S)NC(NC(=O)C(C)(C)C)C(Cl)(Cl)Cl)c1. The minimum absolute atomic E-state index is 0.237. The molecule has 0 aliphatic rings. The zero-order valence-corrected chi connectivity index (χ0v) is 16.4. The summed E-state index contributed by atoms with van der Waals surface area (Å²) in [6, 6.07) is 7.65. The molecule has 4 nitrogen and oxygen atoms in total. The Morgan fingerprint density at radius 3 is 2.26 bits per heavy atom. The molecule has 1 aromatic carbocycles. The highest BCUT2D eigenvalue weighted by Gasteiger charge is 2.36. The van der Waals surface area contributed by atoms with Crippen molar-refractivity contribution in [3.05, 3.63) is 29.8 Å². The van der Waals surface area contributed by atoms with Gasteiger partial charge in [-0.25, -0.2) is 0 Å². The fourth-order valence-electron chi connectivity index (χ4n) is 1.57. The van der Waals surface area contributed by atoms with Gasteiger partial charge < -0.3 is 16.0 Å². The van der Waals surface area contributed by atoms with Gasteiger partial charge in [0.2, 0.25) is 9.70 Å². The fraction of sp³-hybridized carbons (Fsp3) is 0.467. The average molecular weight is 397 g/mol. The van der Waals surface area contributed by atoms with E-state index in [1.165, 1.54) is 0 Å². The van der Waals surface area contributed by atoms with E-state index in [4.69, 9.17) is 47.0 Å². The monoisotopic (exact) mass is 395 g/mol. The molecule has 0 radical (unpaired) electrons. The molecule has 1 aromatic rings. The van der Waals surface area contributed by atoms with Crippen LogP contribution in [0.5, 0.6) is 0 Å². The molecule has 0 bridgehead atoms. The number of nitrogens with one attached hydrogen (secondary N) is 3. The molecule has 0 fully saturated rings. The highest BCUT2D eigenvalue weighted by molar-refractivity contribution is 7.80. The molecule has 128 valence electrons. The molecule has 0 heterocycles. The van der Waals surface area contributed by atoms with Crippen molar-refractivity contribution in [3.8, 4) is 0 Å². The summed E-state index contributed by atoms with van der Waals surface area (Å²) in [5, 5.41) is 8.70. The van der Waals surface area contributed by atoms with Crippen molar-refractivity contribution in [1.29, 1.82) is 0 Å². The van der Waals surface area contributed by atoms with Crippen LogP contribution in [0.3, 0.4) is 0 Å². The minimum atomic E-state index is -1.76. The smallest absolute Gasteiger partial charge is 0.228 e. The van der Waals surface area contributed by atoms with Gasteiger partial charge in [0.1, 0.15) is 6.17 Å². The van der Waals surface area contributed by atoms with Gasteiger partial charge in [-0.15, -0.1) is 0 Å². The number of carbonyl (C=O) groups is 1. The first kappa shape index (κ1) is 20.3. The van der Waals surface area contributed by atoms with Gasteiger partial charge in [0.25, 0.3) is 0 Å². The van der Waals surface area contributed by atoms with E-state index < -0.39 is 15.4 Å². The maximum Gasteiger partial charge on any atom is 0.228 e. The number of hydrogen-bond acceptors (Lipinski definition) is 2. The number of hydrogen-bond donors (Lipinski definition) is 3. The summed E-state index contributed by atoms with van der Waals surface area (Å²) >= 11 is 23.0. The molecule has 1 amide bonds. The van der Waals surface area contributed by atoms with Crippen LogP contribution in [0.4, 0.5) is 5.69 Å². The first-order valence-electron chi connectivity index (χ1n) is 6.91. The number of amides is 1. The van der Waals surface area contributed by atoms with Crippen molar-refractivity contribution in [2.45, 2.75) is 37.7 Å².